The van der Waals surface area contributed by atoms with E-state index >= 15 is 0 Å². The first-order valence-electron chi connectivity index (χ1n) is 8.58. The Bertz CT molecular complexity index is 1270. The van der Waals surface area contributed by atoms with Crippen LogP contribution in [0.5, 0.6) is 0 Å². The summed E-state index contributed by atoms with van der Waals surface area (Å²) in [6, 6.07) is 11.3. The van der Waals surface area contributed by atoms with Crippen LogP contribution in [0.3, 0.4) is 0 Å². The van der Waals surface area contributed by atoms with Crippen LogP contribution in [-0.2, 0) is 16.6 Å². The summed E-state index contributed by atoms with van der Waals surface area (Å²) in [5.41, 5.74) is 1.08. The summed E-state index contributed by atoms with van der Waals surface area (Å²) < 4.78 is 54.2. The lowest BCUT2D eigenvalue weighted by Gasteiger charge is -2.29. The molecule has 2 aromatic carbocycles. The normalized spacial score (nSPS) is 16.6. The summed E-state index contributed by atoms with van der Waals surface area (Å²) in [4.78, 5) is 12.6. The molecule has 0 spiro atoms. The van der Waals surface area contributed by atoms with Crippen molar-refractivity contribution in [2.45, 2.75) is 6.54 Å². The molecule has 0 atom stereocenters. The minimum absolute atomic E-state index is 0.000960. The number of benzene rings is 2. The van der Waals surface area contributed by atoms with E-state index in [0.717, 1.165) is 34.0 Å². The molecule has 0 saturated carbocycles. The molecule has 1 aliphatic heterocycles. The van der Waals surface area contributed by atoms with E-state index in [9.17, 15) is 22.0 Å². The van der Waals surface area contributed by atoms with Crippen LogP contribution in [0.25, 0.3) is 0 Å². The van der Waals surface area contributed by atoms with Gasteiger partial charge in [-0.05, 0) is 41.3 Å². The van der Waals surface area contributed by atoms with Crippen molar-refractivity contribution in [2.75, 3.05) is 9.62 Å². The van der Waals surface area contributed by atoms with Crippen LogP contribution < -0.4 is 9.62 Å². The molecule has 5 nitrogen and oxygen atoms in total. The van der Waals surface area contributed by atoms with E-state index in [1.54, 1.807) is 35.7 Å². The molecule has 0 unspecified atom stereocenters. The fraction of sp³-hybridized carbons (Fsp3) is 0.0500. The molecule has 0 radical (unpaired) electrons. The Balaban J connectivity index is 1.73. The quantitative estimate of drug-likeness (QED) is 0.539. The molecule has 0 saturated heterocycles. The molecule has 154 valence electrons. The third-order valence-corrected chi connectivity index (χ3v) is 7.36. The van der Waals surface area contributed by atoms with Crippen LogP contribution in [0, 0.1) is 11.6 Å². The van der Waals surface area contributed by atoms with Gasteiger partial charge in [0.2, 0.25) is 5.78 Å². The minimum atomic E-state index is -4.21. The SMILES string of the molecule is O=C1C(=CNc2ccc(F)c(F)c2)S(=O)(=O)N(Cc2ccc(Cl)cc2)c2ccsc21. The fourth-order valence-electron chi connectivity index (χ4n) is 2.95. The van der Waals surface area contributed by atoms with Gasteiger partial charge < -0.3 is 5.32 Å². The van der Waals surface area contributed by atoms with Gasteiger partial charge >= 0.3 is 0 Å². The van der Waals surface area contributed by atoms with Gasteiger partial charge in [0.1, 0.15) is 4.88 Å². The highest BCUT2D eigenvalue weighted by molar-refractivity contribution is 7.97. The molecule has 30 heavy (non-hydrogen) atoms. The molecule has 0 amide bonds. The number of carbonyl (C=O) groups is 1. The Hall–Kier alpha value is -2.75. The number of sulfonamides is 1. The zero-order valence-corrected chi connectivity index (χ0v) is 17.5. The van der Waals surface area contributed by atoms with Gasteiger partial charge in [-0.15, -0.1) is 11.3 Å². The lowest BCUT2D eigenvalue weighted by Crippen LogP contribution is -2.38. The average molecular weight is 467 g/mol. The number of allylic oxidation sites excluding steroid dienone is 1. The Kier molecular flexibility index (Phi) is 5.35. The third-order valence-electron chi connectivity index (χ3n) is 4.44. The van der Waals surface area contributed by atoms with E-state index in [1.807, 2.05) is 0 Å². The molecule has 2 heterocycles. The molecule has 1 aliphatic rings. The molecule has 3 aromatic rings. The Morgan fingerprint density at radius 3 is 2.50 bits per heavy atom. The molecule has 0 bridgehead atoms. The van der Waals surface area contributed by atoms with Gasteiger partial charge in [-0.1, -0.05) is 23.7 Å². The number of carbonyl (C=O) groups excluding carboxylic acids is 1. The van der Waals surface area contributed by atoms with Crippen molar-refractivity contribution in [3.8, 4) is 0 Å². The van der Waals surface area contributed by atoms with Crippen molar-refractivity contribution in [2.24, 2.45) is 0 Å². The van der Waals surface area contributed by atoms with Crippen molar-refractivity contribution in [3.63, 3.8) is 0 Å². The lowest BCUT2D eigenvalue weighted by atomic mass is 10.2. The molecule has 4 rings (SSSR count). The van der Waals surface area contributed by atoms with Crippen molar-refractivity contribution in [3.05, 3.63) is 92.1 Å². The van der Waals surface area contributed by atoms with Crippen molar-refractivity contribution >= 4 is 50.1 Å². The van der Waals surface area contributed by atoms with E-state index in [2.05, 4.69) is 5.32 Å². The van der Waals surface area contributed by atoms with Gasteiger partial charge in [0.05, 0.1) is 12.2 Å². The highest BCUT2D eigenvalue weighted by atomic mass is 35.5. The van der Waals surface area contributed by atoms with Gasteiger partial charge in [0.25, 0.3) is 10.0 Å². The average Bonchev–Trinajstić information content (AvgIpc) is 3.19. The predicted octanol–water partition coefficient (Wildman–Crippen LogP) is 5.17. The summed E-state index contributed by atoms with van der Waals surface area (Å²) >= 11 is 7.02. The second kappa shape index (κ2) is 7.82. The van der Waals surface area contributed by atoms with Gasteiger partial charge in [-0.25, -0.2) is 17.2 Å². The van der Waals surface area contributed by atoms with Crippen LogP contribution in [0.1, 0.15) is 15.2 Å². The van der Waals surface area contributed by atoms with Crippen LogP contribution in [0.4, 0.5) is 20.2 Å². The summed E-state index contributed by atoms with van der Waals surface area (Å²) in [6.07, 6.45) is 1.00. The predicted molar refractivity (Wildman–Crippen MR) is 113 cm³/mol. The van der Waals surface area contributed by atoms with Crippen molar-refractivity contribution < 1.29 is 22.0 Å². The molecule has 1 aromatic heterocycles. The molecule has 10 heteroatoms. The second-order valence-corrected chi connectivity index (χ2v) is 9.57. The van der Waals surface area contributed by atoms with E-state index < -0.39 is 32.3 Å². The number of fused-ring (bicyclic) bond motifs is 1. The number of hydrogen-bond donors (Lipinski definition) is 1. The maximum Gasteiger partial charge on any atom is 0.270 e. The molecule has 0 fully saturated rings. The third kappa shape index (κ3) is 3.71. The highest BCUT2D eigenvalue weighted by Crippen LogP contribution is 2.39. The van der Waals surface area contributed by atoms with Gasteiger partial charge in [-0.2, -0.15) is 0 Å². The Labute approximate surface area is 180 Å². The monoisotopic (exact) mass is 466 g/mol. The maximum atomic E-state index is 13.4. The van der Waals surface area contributed by atoms with E-state index in [-0.39, 0.29) is 17.1 Å². The fourth-order valence-corrected chi connectivity index (χ4v) is 5.56. The standard InChI is InChI=1S/C20H13ClF2N2O3S2/c21-13-3-1-12(2-4-13)11-25-17-7-8-29-20(17)19(26)18(30(25,27)28)10-24-14-5-6-15(22)16(23)9-14/h1-10,24H,11H2. The van der Waals surface area contributed by atoms with E-state index in [1.165, 1.54) is 6.07 Å². The van der Waals surface area contributed by atoms with Crippen LogP contribution in [0.15, 0.2) is 65.0 Å². The van der Waals surface area contributed by atoms with E-state index in [0.29, 0.717) is 16.3 Å². The summed E-state index contributed by atoms with van der Waals surface area (Å²) in [6.45, 7) is -0.000960. The first-order chi connectivity index (χ1) is 14.3. The number of hydrogen-bond acceptors (Lipinski definition) is 5. The number of anilines is 2. The summed E-state index contributed by atoms with van der Waals surface area (Å²) in [5, 5.41) is 4.73. The Morgan fingerprint density at radius 2 is 1.80 bits per heavy atom. The lowest BCUT2D eigenvalue weighted by molar-refractivity contribution is 0.104. The molecular formula is C20H13ClF2N2O3S2. The van der Waals surface area contributed by atoms with Crippen LogP contribution in [0.2, 0.25) is 5.02 Å². The van der Waals surface area contributed by atoms with Crippen molar-refractivity contribution in [1.29, 1.82) is 0 Å². The van der Waals surface area contributed by atoms with Crippen molar-refractivity contribution in [1.82, 2.24) is 0 Å². The number of Topliss-reactive ketones (excluding diaryl/α,β-unsaturated/α-hetero) is 1. The smallest absolute Gasteiger partial charge is 0.270 e. The topological polar surface area (TPSA) is 66.5 Å². The number of rotatable bonds is 4. The molecule has 1 N–H and O–H groups in total. The summed E-state index contributed by atoms with van der Waals surface area (Å²) in [7, 11) is -4.21. The zero-order valence-electron chi connectivity index (χ0n) is 15.1. The number of ketones is 1. The second-order valence-electron chi connectivity index (χ2n) is 6.38. The number of nitrogens with zero attached hydrogens (tertiary/aromatic N) is 1. The number of halogens is 3. The van der Waals surface area contributed by atoms with E-state index in [4.69, 9.17) is 11.6 Å². The highest BCUT2D eigenvalue weighted by Gasteiger charge is 2.41. The van der Waals surface area contributed by atoms with Gasteiger partial charge in [-0.3, -0.25) is 9.10 Å². The number of nitrogens with one attached hydrogen (secondary N) is 1. The summed E-state index contributed by atoms with van der Waals surface area (Å²) in [5.74, 6) is -2.80. The minimum Gasteiger partial charge on any atom is -0.360 e. The first-order valence-corrected chi connectivity index (χ1v) is 11.3. The Morgan fingerprint density at radius 1 is 1.07 bits per heavy atom. The zero-order chi connectivity index (χ0) is 21.5. The first kappa shape index (κ1) is 20.5. The molecule has 0 aliphatic carbocycles. The van der Waals surface area contributed by atoms with Gasteiger partial charge in [0, 0.05) is 23.0 Å². The van der Waals surface area contributed by atoms with Crippen LogP contribution in [-0.4, -0.2) is 14.2 Å². The maximum absolute atomic E-state index is 13.4. The van der Waals surface area contributed by atoms with Gasteiger partial charge in [0.15, 0.2) is 16.5 Å². The largest absolute Gasteiger partial charge is 0.360 e. The number of thiophene rings is 1. The van der Waals surface area contributed by atoms with Crippen LogP contribution >= 0.6 is 22.9 Å². The molecular weight excluding hydrogens is 454 g/mol.